The monoisotopic (exact) mass is 325 g/mol. The predicted molar refractivity (Wildman–Crippen MR) is 91.7 cm³/mol. The van der Waals surface area contributed by atoms with E-state index in [9.17, 15) is 9.90 Å². The summed E-state index contributed by atoms with van der Waals surface area (Å²) >= 11 is 0. The molecule has 6 rings (SSSR count). The number of carbonyl (C=O) groups excluding carboxylic acids is 1. The average molecular weight is 325 g/mol. The highest BCUT2D eigenvalue weighted by Crippen LogP contribution is 2.46. The van der Waals surface area contributed by atoms with Crippen molar-refractivity contribution in [2.75, 3.05) is 6.54 Å². The van der Waals surface area contributed by atoms with E-state index in [4.69, 9.17) is 5.73 Å². The van der Waals surface area contributed by atoms with Gasteiger partial charge in [0, 0.05) is 41.8 Å². The quantitative estimate of drug-likeness (QED) is 0.886. The molecule has 3 N–H and O–H groups in total. The second-order valence-electron chi connectivity index (χ2n) is 7.76. The maximum atomic E-state index is 11.8. The average Bonchev–Trinajstić information content (AvgIpc) is 2.94. The van der Waals surface area contributed by atoms with Crippen LogP contribution in [0.5, 0.6) is 0 Å². The van der Waals surface area contributed by atoms with Gasteiger partial charge in [-0.1, -0.05) is 18.2 Å². The van der Waals surface area contributed by atoms with E-state index in [-0.39, 0.29) is 12.0 Å². The van der Waals surface area contributed by atoms with Gasteiger partial charge in [0.1, 0.15) is 0 Å². The van der Waals surface area contributed by atoms with E-state index < -0.39 is 0 Å². The zero-order chi connectivity index (χ0) is 16.4. The van der Waals surface area contributed by atoms with E-state index in [1.807, 2.05) is 24.4 Å². The molecule has 0 spiro atoms. The first-order valence-corrected chi connectivity index (χ1v) is 8.95. The molecule has 5 nitrogen and oxygen atoms in total. The van der Waals surface area contributed by atoms with Crippen LogP contribution in [0.15, 0.2) is 30.5 Å². The fourth-order valence-electron chi connectivity index (χ4n) is 5.46. The number of aliphatic hydroxyl groups excluding tert-OH is 1. The molecule has 1 amide bonds. The topological polar surface area (TPSA) is 71.5 Å². The number of carbonyl (C=O) groups is 1. The van der Waals surface area contributed by atoms with Gasteiger partial charge in [0.15, 0.2) is 0 Å². The Hall–Kier alpha value is -1.85. The summed E-state index contributed by atoms with van der Waals surface area (Å²) in [4.78, 5) is 14.3. The molecule has 126 valence electrons. The molecule has 1 aromatic carbocycles. The SMILES string of the molecule is NC(=O)c1cn(C2CC3CC4CC(C2)N3CC4O)c2ccccc12. The van der Waals surface area contributed by atoms with Crippen molar-refractivity contribution in [2.24, 2.45) is 11.7 Å². The molecule has 3 atom stereocenters. The lowest BCUT2D eigenvalue weighted by molar-refractivity contribution is -0.114. The normalized spacial score (nSPS) is 37.7. The second kappa shape index (κ2) is 5.07. The summed E-state index contributed by atoms with van der Waals surface area (Å²) in [7, 11) is 0. The summed E-state index contributed by atoms with van der Waals surface area (Å²) < 4.78 is 2.28. The fourth-order valence-corrected chi connectivity index (χ4v) is 5.46. The van der Waals surface area contributed by atoms with Gasteiger partial charge in [-0.25, -0.2) is 0 Å². The Morgan fingerprint density at radius 1 is 1.08 bits per heavy atom. The standard InChI is InChI=1S/C19H23N3O2/c20-19(24)16-9-22(17-4-2-1-3-15(16)17)14-7-12-5-11-6-13(8-14)21(12)10-18(11)23/h1-4,9,11-14,18,23H,5-8,10H2,(H2,20,24). The molecular formula is C19H23N3O2. The van der Waals surface area contributed by atoms with Crippen molar-refractivity contribution in [3.63, 3.8) is 0 Å². The third-order valence-corrected chi connectivity index (χ3v) is 6.52. The van der Waals surface area contributed by atoms with E-state index >= 15 is 0 Å². The van der Waals surface area contributed by atoms with Crippen LogP contribution < -0.4 is 5.73 Å². The van der Waals surface area contributed by atoms with E-state index in [1.54, 1.807) is 0 Å². The summed E-state index contributed by atoms with van der Waals surface area (Å²) in [6.45, 7) is 0.839. The first-order chi connectivity index (χ1) is 11.6. The molecule has 5 heteroatoms. The minimum Gasteiger partial charge on any atom is -0.392 e. The highest BCUT2D eigenvalue weighted by Gasteiger charge is 2.48. The first-order valence-electron chi connectivity index (χ1n) is 8.95. The van der Waals surface area contributed by atoms with Crippen molar-refractivity contribution in [3.05, 3.63) is 36.0 Å². The third kappa shape index (κ3) is 1.98. The lowest BCUT2D eigenvalue weighted by atomic mass is 9.70. The van der Waals surface area contributed by atoms with Crippen LogP contribution in [0.1, 0.15) is 42.1 Å². The second-order valence-corrected chi connectivity index (χ2v) is 7.76. The number of primary amides is 1. The van der Waals surface area contributed by atoms with Crippen LogP contribution in [0, 0.1) is 5.92 Å². The Balaban J connectivity index is 1.52. The van der Waals surface area contributed by atoms with Gasteiger partial charge in [-0.05, 0) is 37.7 Å². The number of hydrogen-bond acceptors (Lipinski definition) is 3. The zero-order valence-electron chi connectivity index (χ0n) is 13.6. The third-order valence-electron chi connectivity index (χ3n) is 6.52. The van der Waals surface area contributed by atoms with Gasteiger partial charge in [-0.15, -0.1) is 0 Å². The molecule has 4 aliphatic rings. The summed E-state index contributed by atoms with van der Waals surface area (Å²) in [5.41, 5.74) is 7.32. The van der Waals surface area contributed by atoms with Crippen LogP contribution >= 0.6 is 0 Å². The van der Waals surface area contributed by atoms with Crippen molar-refractivity contribution in [3.8, 4) is 0 Å². The summed E-state index contributed by atoms with van der Waals surface area (Å²) in [6, 6.07) is 9.59. The van der Waals surface area contributed by atoms with Gasteiger partial charge < -0.3 is 15.4 Å². The van der Waals surface area contributed by atoms with E-state index in [0.29, 0.717) is 29.6 Å². The van der Waals surface area contributed by atoms with Crippen LogP contribution in [-0.2, 0) is 0 Å². The molecule has 3 unspecified atom stereocenters. The van der Waals surface area contributed by atoms with Gasteiger partial charge in [0.05, 0.1) is 11.7 Å². The Labute approximate surface area is 141 Å². The summed E-state index contributed by atoms with van der Waals surface area (Å²) in [5, 5.41) is 11.1. The minimum absolute atomic E-state index is 0.136. The Morgan fingerprint density at radius 3 is 2.46 bits per heavy atom. The summed E-state index contributed by atoms with van der Waals surface area (Å²) in [5.74, 6) is 0.125. The van der Waals surface area contributed by atoms with Gasteiger partial charge in [0.2, 0.25) is 0 Å². The highest BCUT2D eigenvalue weighted by molar-refractivity contribution is 6.06. The Kier molecular flexibility index (Phi) is 3.06. The smallest absolute Gasteiger partial charge is 0.250 e. The number of nitrogens with zero attached hydrogens (tertiary/aromatic N) is 2. The predicted octanol–water partition coefficient (Wildman–Crippen LogP) is 1.90. The number of aliphatic hydroxyl groups is 1. The van der Waals surface area contributed by atoms with E-state index in [1.165, 1.54) is 0 Å². The molecule has 4 bridgehead atoms. The number of piperidine rings is 4. The molecule has 4 fully saturated rings. The van der Waals surface area contributed by atoms with Crippen LogP contribution in [0.4, 0.5) is 0 Å². The van der Waals surface area contributed by atoms with Gasteiger partial charge in [-0.3, -0.25) is 9.69 Å². The number of aromatic nitrogens is 1. The van der Waals surface area contributed by atoms with Gasteiger partial charge in [0.25, 0.3) is 5.91 Å². The van der Waals surface area contributed by atoms with Crippen molar-refractivity contribution in [1.82, 2.24) is 9.47 Å². The maximum absolute atomic E-state index is 11.8. The molecule has 1 aromatic heterocycles. The molecule has 4 saturated heterocycles. The molecule has 0 radical (unpaired) electrons. The number of amides is 1. The molecule has 2 aromatic rings. The number of benzene rings is 1. The van der Waals surface area contributed by atoms with Crippen molar-refractivity contribution in [2.45, 2.75) is 49.9 Å². The molecule has 4 aliphatic heterocycles. The van der Waals surface area contributed by atoms with Gasteiger partial charge in [-0.2, -0.15) is 0 Å². The van der Waals surface area contributed by atoms with E-state index in [0.717, 1.165) is 43.1 Å². The maximum Gasteiger partial charge on any atom is 0.250 e. The number of rotatable bonds is 2. The number of hydrogen-bond donors (Lipinski definition) is 2. The molecule has 24 heavy (non-hydrogen) atoms. The van der Waals surface area contributed by atoms with Crippen LogP contribution in [-0.4, -0.2) is 45.2 Å². The highest BCUT2D eigenvalue weighted by atomic mass is 16.3. The van der Waals surface area contributed by atoms with Crippen molar-refractivity contribution >= 4 is 16.8 Å². The molecule has 0 saturated carbocycles. The lowest BCUT2D eigenvalue weighted by Gasteiger charge is -2.57. The molecule has 5 heterocycles. The summed E-state index contributed by atoms with van der Waals surface area (Å²) in [6.07, 6.45) is 6.23. The van der Waals surface area contributed by atoms with Crippen molar-refractivity contribution < 1.29 is 9.90 Å². The number of nitrogens with two attached hydrogens (primary N) is 1. The number of para-hydroxylation sites is 1. The van der Waals surface area contributed by atoms with E-state index in [2.05, 4.69) is 15.5 Å². The molecule has 0 aliphatic carbocycles. The minimum atomic E-state index is -0.355. The fraction of sp³-hybridized carbons (Fsp3) is 0.526. The van der Waals surface area contributed by atoms with Crippen LogP contribution in [0.2, 0.25) is 0 Å². The van der Waals surface area contributed by atoms with Crippen LogP contribution in [0.25, 0.3) is 10.9 Å². The van der Waals surface area contributed by atoms with Crippen LogP contribution in [0.3, 0.4) is 0 Å². The first kappa shape index (κ1) is 14.5. The zero-order valence-corrected chi connectivity index (χ0v) is 13.6. The lowest BCUT2D eigenvalue weighted by Crippen LogP contribution is -2.63. The Bertz CT molecular complexity index is 798. The Morgan fingerprint density at radius 2 is 1.79 bits per heavy atom. The van der Waals surface area contributed by atoms with Crippen molar-refractivity contribution in [1.29, 1.82) is 0 Å². The largest absolute Gasteiger partial charge is 0.392 e. The van der Waals surface area contributed by atoms with Gasteiger partial charge >= 0.3 is 0 Å². The molecular weight excluding hydrogens is 302 g/mol. The number of fused-ring (bicyclic) bond motifs is 2.